The van der Waals surface area contributed by atoms with Gasteiger partial charge in [0.25, 0.3) is 0 Å². The van der Waals surface area contributed by atoms with E-state index in [0.717, 1.165) is 57.5 Å². The van der Waals surface area contributed by atoms with Crippen LogP contribution >= 0.6 is 35.3 Å². The maximum atomic E-state index is 5.95. The van der Waals surface area contributed by atoms with Crippen molar-refractivity contribution in [1.29, 1.82) is 0 Å². The van der Waals surface area contributed by atoms with E-state index >= 15 is 0 Å². The number of benzene rings is 1. The number of guanidine groups is 1. The summed E-state index contributed by atoms with van der Waals surface area (Å²) in [6, 6.07) is 12.6. The lowest BCUT2D eigenvalue weighted by atomic mass is 10.2. The van der Waals surface area contributed by atoms with Crippen LogP contribution in [-0.4, -0.2) is 57.4 Å². The first kappa shape index (κ1) is 24.9. The Hall–Kier alpha value is -1.36. The van der Waals surface area contributed by atoms with Crippen molar-refractivity contribution >= 4 is 41.3 Å². The van der Waals surface area contributed by atoms with Crippen LogP contribution in [0.15, 0.2) is 41.4 Å². The van der Waals surface area contributed by atoms with E-state index < -0.39 is 0 Å². The molecule has 0 atom stereocenters. The van der Waals surface area contributed by atoms with Gasteiger partial charge in [0.05, 0.1) is 19.8 Å². The quantitative estimate of drug-likeness (QED) is 0.288. The van der Waals surface area contributed by atoms with Crippen LogP contribution < -0.4 is 15.4 Å². The molecule has 30 heavy (non-hydrogen) atoms. The Bertz CT molecular complexity index is 778. The van der Waals surface area contributed by atoms with E-state index in [9.17, 15) is 0 Å². The number of thiophene rings is 1. The molecule has 0 radical (unpaired) electrons. The highest BCUT2D eigenvalue weighted by molar-refractivity contribution is 14.0. The van der Waals surface area contributed by atoms with Crippen LogP contribution in [0.3, 0.4) is 0 Å². The van der Waals surface area contributed by atoms with Gasteiger partial charge in [-0.15, -0.1) is 35.3 Å². The first-order chi connectivity index (χ1) is 14.3. The highest BCUT2D eigenvalue weighted by Crippen LogP contribution is 2.16. The summed E-state index contributed by atoms with van der Waals surface area (Å²) in [4.78, 5) is 9.43. The molecule has 2 aromatic rings. The Morgan fingerprint density at radius 3 is 2.63 bits per heavy atom. The molecule has 0 unspecified atom stereocenters. The zero-order valence-electron chi connectivity index (χ0n) is 17.9. The Morgan fingerprint density at radius 1 is 1.13 bits per heavy atom. The van der Waals surface area contributed by atoms with Gasteiger partial charge in [-0.1, -0.05) is 19.1 Å². The number of aliphatic imine (C=N–C) groups is 1. The molecule has 0 spiro atoms. The minimum atomic E-state index is 0. The van der Waals surface area contributed by atoms with Crippen LogP contribution in [0.1, 0.15) is 22.2 Å². The first-order valence-electron chi connectivity index (χ1n) is 10.3. The fraction of sp³-hybridized carbons (Fsp3) is 0.500. The van der Waals surface area contributed by atoms with Gasteiger partial charge < -0.3 is 20.1 Å². The molecule has 0 bridgehead atoms. The molecule has 1 saturated heterocycles. The number of nitrogens with zero attached hydrogens (tertiary/aromatic N) is 2. The summed E-state index contributed by atoms with van der Waals surface area (Å²) >= 11 is 1.85. The minimum Gasteiger partial charge on any atom is -0.492 e. The molecule has 1 aliphatic rings. The molecule has 0 saturated carbocycles. The molecule has 0 amide bonds. The molecule has 1 aliphatic heterocycles. The van der Waals surface area contributed by atoms with Crippen molar-refractivity contribution in [2.45, 2.75) is 26.4 Å². The Balaban J connectivity index is 0.00000320. The van der Waals surface area contributed by atoms with Gasteiger partial charge >= 0.3 is 0 Å². The van der Waals surface area contributed by atoms with E-state index in [-0.39, 0.29) is 24.0 Å². The van der Waals surface area contributed by atoms with E-state index in [2.05, 4.69) is 51.7 Å². The molecule has 0 aliphatic carbocycles. The predicted molar refractivity (Wildman–Crippen MR) is 135 cm³/mol. The van der Waals surface area contributed by atoms with E-state index in [0.29, 0.717) is 13.2 Å². The van der Waals surface area contributed by atoms with E-state index in [1.807, 2.05) is 23.5 Å². The molecule has 1 aromatic carbocycles. The number of morpholine rings is 1. The SMILES string of the molecule is CCc1ccc(CNC(=NC)NCc2cccc(OCCN3CCOCC3)c2)s1.I. The molecule has 6 nitrogen and oxygen atoms in total. The van der Waals surface area contributed by atoms with Crippen LogP contribution in [0.4, 0.5) is 0 Å². The van der Waals surface area contributed by atoms with Crippen LogP contribution in [0, 0.1) is 0 Å². The van der Waals surface area contributed by atoms with Gasteiger partial charge in [-0.05, 0) is 36.2 Å². The van der Waals surface area contributed by atoms with Crippen molar-refractivity contribution in [3.05, 3.63) is 51.7 Å². The number of halogens is 1. The minimum absolute atomic E-state index is 0. The van der Waals surface area contributed by atoms with Gasteiger partial charge in [0.1, 0.15) is 12.4 Å². The molecular formula is C22H33IN4O2S. The second-order valence-corrected chi connectivity index (χ2v) is 8.20. The number of ether oxygens (including phenoxy) is 2. The van der Waals surface area contributed by atoms with Gasteiger partial charge in [-0.25, -0.2) is 0 Å². The molecule has 1 aromatic heterocycles. The lowest BCUT2D eigenvalue weighted by Gasteiger charge is -2.26. The maximum Gasteiger partial charge on any atom is 0.191 e. The summed E-state index contributed by atoms with van der Waals surface area (Å²) in [7, 11) is 1.80. The summed E-state index contributed by atoms with van der Waals surface area (Å²) in [5.74, 6) is 1.71. The van der Waals surface area contributed by atoms with Crippen LogP contribution in [0.2, 0.25) is 0 Å². The van der Waals surface area contributed by atoms with Crippen molar-refractivity contribution in [3.8, 4) is 5.75 Å². The first-order valence-corrected chi connectivity index (χ1v) is 11.1. The van der Waals surface area contributed by atoms with Gasteiger partial charge in [-0.3, -0.25) is 9.89 Å². The lowest BCUT2D eigenvalue weighted by Crippen LogP contribution is -2.38. The summed E-state index contributed by atoms with van der Waals surface area (Å²) in [5.41, 5.74) is 1.17. The fourth-order valence-corrected chi connectivity index (χ4v) is 4.04. The van der Waals surface area contributed by atoms with E-state index in [4.69, 9.17) is 9.47 Å². The third kappa shape index (κ3) is 8.41. The van der Waals surface area contributed by atoms with Crippen molar-refractivity contribution in [3.63, 3.8) is 0 Å². The van der Waals surface area contributed by atoms with Crippen molar-refractivity contribution in [2.75, 3.05) is 46.5 Å². The van der Waals surface area contributed by atoms with E-state index in [1.165, 1.54) is 15.3 Å². The highest BCUT2D eigenvalue weighted by atomic mass is 127. The van der Waals surface area contributed by atoms with Gasteiger partial charge in [0, 0.05) is 43.0 Å². The largest absolute Gasteiger partial charge is 0.492 e. The molecule has 1 fully saturated rings. The number of hydrogen-bond acceptors (Lipinski definition) is 5. The summed E-state index contributed by atoms with van der Waals surface area (Å²) in [6.07, 6.45) is 1.09. The van der Waals surface area contributed by atoms with E-state index in [1.54, 1.807) is 7.05 Å². The molecule has 3 rings (SSSR count). The zero-order valence-corrected chi connectivity index (χ0v) is 21.0. The average molecular weight is 545 g/mol. The topological polar surface area (TPSA) is 58.1 Å². The van der Waals surface area contributed by atoms with Crippen molar-refractivity contribution in [2.24, 2.45) is 4.99 Å². The van der Waals surface area contributed by atoms with Gasteiger partial charge in [0.2, 0.25) is 0 Å². The standard InChI is InChI=1S/C22H32N4O2S.HI/c1-3-20-7-8-21(29-20)17-25-22(23-2)24-16-18-5-4-6-19(15-18)28-14-11-26-9-12-27-13-10-26;/h4-8,15H,3,9-14,16-17H2,1-2H3,(H2,23,24,25);1H. The van der Waals surface area contributed by atoms with Crippen LogP contribution in [-0.2, 0) is 24.2 Å². The molecule has 2 heterocycles. The monoisotopic (exact) mass is 544 g/mol. The molecule has 2 N–H and O–H groups in total. The van der Waals surface area contributed by atoms with Crippen LogP contribution in [0.5, 0.6) is 5.75 Å². The van der Waals surface area contributed by atoms with Gasteiger partial charge in [-0.2, -0.15) is 0 Å². The molecule has 8 heteroatoms. The average Bonchev–Trinajstić information content (AvgIpc) is 3.23. The molecule has 166 valence electrons. The molecular weight excluding hydrogens is 511 g/mol. The summed E-state index contributed by atoms with van der Waals surface area (Å²) in [6.45, 7) is 8.93. The number of hydrogen-bond donors (Lipinski definition) is 2. The lowest BCUT2D eigenvalue weighted by molar-refractivity contribution is 0.0322. The fourth-order valence-electron chi connectivity index (χ4n) is 3.15. The second-order valence-electron chi connectivity index (χ2n) is 6.95. The summed E-state index contributed by atoms with van der Waals surface area (Å²) < 4.78 is 11.3. The highest BCUT2D eigenvalue weighted by Gasteiger charge is 2.10. The maximum absolute atomic E-state index is 5.95. The predicted octanol–water partition coefficient (Wildman–Crippen LogP) is 3.50. The Kier molecular flexibility index (Phi) is 11.5. The van der Waals surface area contributed by atoms with Crippen molar-refractivity contribution < 1.29 is 9.47 Å². The van der Waals surface area contributed by atoms with Gasteiger partial charge in [0.15, 0.2) is 5.96 Å². The normalized spacial score (nSPS) is 14.8. The summed E-state index contributed by atoms with van der Waals surface area (Å²) in [5, 5.41) is 6.76. The third-order valence-corrected chi connectivity index (χ3v) is 6.09. The number of rotatable bonds is 9. The Labute approximate surface area is 201 Å². The van der Waals surface area contributed by atoms with Crippen LogP contribution in [0.25, 0.3) is 0 Å². The zero-order chi connectivity index (χ0) is 20.3. The second kappa shape index (κ2) is 13.8. The number of nitrogens with one attached hydrogen (secondary N) is 2. The smallest absolute Gasteiger partial charge is 0.191 e. The Morgan fingerprint density at radius 2 is 1.90 bits per heavy atom. The number of aryl methyl sites for hydroxylation is 1. The van der Waals surface area contributed by atoms with Crippen molar-refractivity contribution in [1.82, 2.24) is 15.5 Å². The third-order valence-electron chi connectivity index (χ3n) is 4.86.